The molecule has 0 unspecified atom stereocenters. The molecule has 1 amide bonds. The summed E-state index contributed by atoms with van der Waals surface area (Å²) in [7, 11) is 1.63. The molecule has 0 fully saturated rings. The quantitative estimate of drug-likeness (QED) is 0.534. The third kappa shape index (κ3) is 5.59. The van der Waals surface area contributed by atoms with E-state index >= 15 is 0 Å². The number of aryl methyl sites for hydroxylation is 1. The van der Waals surface area contributed by atoms with Gasteiger partial charge in [0.2, 0.25) is 0 Å². The second kappa shape index (κ2) is 9.38. The van der Waals surface area contributed by atoms with Crippen molar-refractivity contribution in [1.82, 2.24) is 5.43 Å². The van der Waals surface area contributed by atoms with Gasteiger partial charge in [-0.15, -0.1) is 0 Å². The van der Waals surface area contributed by atoms with E-state index in [1.54, 1.807) is 13.3 Å². The number of nitrogens with zero attached hydrogens (tertiary/aromatic N) is 1. The first kappa shape index (κ1) is 20.0. The molecule has 0 atom stereocenters. The first-order chi connectivity index (χ1) is 12.4. The Labute approximate surface area is 162 Å². The highest BCUT2D eigenvalue weighted by Crippen LogP contribution is 2.28. The average Bonchev–Trinajstić information content (AvgIpc) is 2.60. The van der Waals surface area contributed by atoms with Crippen molar-refractivity contribution in [3.05, 3.63) is 57.6 Å². The van der Waals surface area contributed by atoms with Gasteiger partial charge in [-0.3, -0.25) is 4.79 Å². The molecule has 0 aliphatic heterocycles. The fourth-order valence-corrected chi connectivity index (χ4v) is 2.84. The normalized spacial score (nSPS) is 11.0. The van der Waals surface area contributed by atoms with Crippen LogP contribution >= 0.6 is 15.9 Å². The molecule has 0 radical (unpaired) electrons. The van der Waals surface area contributed by atoms with Crippen molar-refractivity contribution in [2.75, 3.05) is 13.7 Å². The fraction of sp³-hybridized carbons (Fsp3) is 0.300. The third-order valence-electron chi connectivity index (χ3n) is 3.80. The van der Waals surface area contributed by atoms with Gasteiger partial charge < -0.3 is 9.47 Å². The van der Waals surface area contributed by atoms with Crippen LogP contribution in [-0.2, 0) is 4.79 Å². The summed E-state index contributed by atoms with van der Waals surface area (Å²) < 4.78 is 11.6. The number of rotatable bonds is 7. The Bertz CT molecular complexity index is 804. The molecule has 0 aromatic heterocycles. The minimum absolute atomic E-state index is 0.112. The largest absolute Gasteiger partial charge is 0.496 e. The Balaban J connectivity index is 1.86. The van der Waals surface area contributed by atoms with Gasteiger partial charge in [-0.1, -0.05) is 19.9 Å². The van der Waals surface area contributed by atoms with Crippen molar-refractivity contribution < 1.29 is 14.3 Å². The number of amides is 1. The monoisotopic (exact) mass is 418 g/mol. The fourth-order valence-electron chi connectivity index (χ4n) is 2.33. The summed E-state index contributed by atoms with van der Waals surface area (Å²) in [5.41, 5.74) is 5.53. The van der Waals surface area contributed by atoms with E-state index < -0.39 is 0 Å². The summed E-state index contributed by atoms with van der Waals surface area (Å²) >= 11 is 3.47. The second-order valence-corrected chi connectivity index (χ2v) is 7.01. The van der Waals surface area contributed by atoms with Crippen LogP contribution in [0.2, 0.25) is 0 Å². The van der Waals surface area contributed by atoms with E-state index in [1.165, 1.54) is 5.56 Å². The molecule has 0 saturated carbocycles. The van der Waals surface area contributed by atoms with E-state index in [0.717, 1.165) is 21.3 Å². The number of hydrogen-bond acceptors (Lipinski definition) is 4. The van der Waals surface area contributed by atoms with Crippen LogP contribution in [0.5, 0.6) is 11.5 Å². The van der Waals surface area contributed by atoms with Gasteiger partial charge in [0.15, 0.2) is 6.61 Å². The van der Waals surface area contributed by atoms with Crippen LogP contribution in [-0.4, -0.2) is 25.8 Å². The number of ether oxygens (including phenoxy) is 2. The lowest BCUT2D eigenvalue weighted by molar-refractivity contribution is -0.123. The van der Waals surface area contributed by atoms with Crippen LogP contribution in [0.15, 0.2) is 46.0 Å². The topological polar surface area (TPSA) is 59.9 Å². The number of hydrazone groups is 1. The Hall–Kier alpha value is -2.34. The zero-order chi connectivity index (χ0) is 19.1. The number of carbonyl (C=O) groups is 1. The predicted molar refractivity (Wildman–Crippen MR) is 107 cm³/mol. The molecule has 0 aliphatic rings. The van der Waals surface area contributed by atoms with Gasteiger partial charge in [-0.2, -0.15) is 5.10 Å². The Morgan fingerprint density at radius 2 is 1.96 bits per heavy atom. The Morgan fingerprint density at radius 3 is 2.58 bits per heavy atom. The lowest BCUT2D eigenvalue weighted by Crippen LogP contribution is -2.24. The van der Waals surface area contributed by atoms with Crippen molar-refractivity contribution >= 4 is 28.1 Å². The Morgan fingerprint density at radius 1 is 1.23 bits per heavy atom. The number of carbonyl (C=O) groups excluding carboxylic acids is 1. The van der Waals surface area contributed by atoms with E-state index in [1.807, 2.05) is 43.3 Å². The van der Waals surface area contributed by atoms with E-state index in [0.29, 0.717) is 11.7 Å². The first-order valence-electron chi connectivity index (χ1n) is 8.29. The van der Waals surface area contributed by atoms with Crippen LogP contribution in [0.25, 0.3) is 0 Å². The van der Waals surface area contributed by atoms with Crippen LogP contribution in [0, 0.1) is 6.92 Å². The van der Waals surface area contributed by atoms with Crippen LogP contribution in [0.4, 0.5) is 0 Å². The predicted octanol–water partition coefficient (Wildman–Crippen LogP) is 4.42. The van der Waals surface area contributed by atoms with Gasteiger partial charge >= 0.3 is 0 Å². The summed E-state index contributed by atoms with van der Waals surface area (Å²) in [6.07, 6.45) is 1.58. The molecular formula is C20H23BrN2O3. The molecule has 138 valence electrons. The molecule has 5 nitrogen and oxygen atoms in total. The van der Waals surface area contributed by atoms with Gasteiger partial charge in [0, 0.05) is 0 Å². The highest BCUT2D eigenvalue weighted by molar-refractivity contribution is 9.10. The van der Waals surface area contributed by atoms with E-state index in [2.05, 4.69) is 40.3 Å². The highest BCUT2D eigenvalue weighted by atomic mass is 79.9. The van der Waals surface area contributed by atoms with Crippen LogP contribution < -0.4 is 14.9 Å². The van der Waals surface area contributed by atoms with Gasteiger partial charge in [-0.25, -0.2) is 5.43 Å². The number of halogens is 1. The van der Waals surface area contributed by atoms with Crippen molar-refractivity contribution in [2.24, 2.45) is 5.10 Å². The van der Waals surface area contributed by atoms with Crippen molar-refractivity contribution in [3.8, 4) is 11.5 Å². The standard InChI is InChI=1S/C20H23BrN2O3/c1-13(2)16-6-8-19(17(21)10-16)26-12-20(24)23-22-11-15-5-7-18(25-4)14(3)9-15/h5-11,13H,12H2,1-4H3,(H,23,24)/b22-11+. The maximum Gasteiger partial charge on any atom is 0.277 e. The summed E-state index contributed by atoms with van der Waals surface area (Å²) in [6, 6.07) is 11.5. The van der Waals surface area contributed by atoms with Gasteiger partial charge in [0.05, 0.1) is 17.8 Å². The zero-order valence-electron chi connectivity index (χ0n) is 15.4. The molecular weight excluding hydrogens is 396 g/mol. The van der Waals surface area contributed by atoms with E-state index in [4.69, 9.17) is 9.47 Å². The van der Waals surface area contributed by atoms with E-state index in [9.17, 15) is 4.79 Å². The number of nitrogens with one attached hydrogen (secondary N) is 1. The maximum atomic E-state index is 11.9. The summed E-state index contributed by atoms with van der Waals surface area (Å²) in [5, 5.41) is 3.95. The molecule has 2 rings (SSSR count). The maximum absolute atomic E-state index is 11.9. The minimum Gasteiger partial charge on any atom is -0.496 e. The third-order valence-corrected chi connectivity index (χ3v) is 4.42. The minimum atomic E-state index is -0.327. The van der Waals surface area contributed by atoms with Crippen molar-refractivity contribution in [2.45, 2.75) is 26.7 Å². The van der Waals surface area contributed by atoms with Crippen LogP contribution in [0.1, 0.15) is 36.5 Å². The van der Waals surface area contributed by atoms with Crippen molar-refractivity contribution in [1.29, 1.82) is 0 Å². The molecule has 2 aromatic rings. The summed E-state index contributed by atoms with van der Waals surface area (Å²) in [4.78, 5) is 11.9. The van der Waals surface area contributed by atoms with Gasteiger partial charge in [0.25, 0.3) is 5.91 Å². The second-order valence-electron chi connectivity index (χ2n) is 6.16. The number of methoxy groups -OCH3 is 1. The molecule has 26 heavy (non-hydrogen) atoms. The van der Waals surface area contributed by atoms with Crippen molar-refractivity contribution in [3.63, 3.8) is 0 Å². The molecule has 0 bridgehead atoms. The average molecular weight is 419 g/mol. The molecule has 0 aliphatic carbocycles. The van der Waals surface area contributed by atoms with Crippen LogP contribution in [0.3, 0.4) is 0 Å². The number of hydrogen-bond donors (Lipinski definition) is 1. The first-order valence-corrected chi connectivity index (χ1v) is 9.08. The van der Waals surface area contributed by atoms with Gasteiger partial charge in [0.1, 0.15) is 11.5 Å². The molecule has 2 aromatic carbocycles. The molecule has 6 heteroatoms. The highest BCUT2D eigenvalue weighted by Gasteiger charge is 2.07. The summed E-state index contributed by atoms with van der Waals surface area (Å²) in [6.45, 7) is 6.08. The number of benzene rings is 2. The summed E-state index contributed by atoms with van der Waals surface area (Å²) in [5.74, 6) is 1.54. The molecule has 1 N–H and O–H groups in total. The smallest absolute Gasteiger partial charge is 0.277 e. The molecule has 0 spiro atoms. The molecule has 0 saturated heterocycles. The lowest BCUT2D eigenvalue weighted by Gasteiger charge is -2.10. The lowest BCUT2D eigenvalue weighted by atomic mass is 10.0. The van der Waals surface area contributed by atoms with Gasteiger partial charge in [-0.05, 0) is 75.8 Å². The molecule has 0 heterocycles. The zero-order valence-corrected chi connectivity index (χ0v) is 17.0. The Kier molecular flexibility index (Phi) is 7.21. The SMILES string of the molecule is COc1ccc(/C=N/NC(=O)COc2ccc(C(C)C)cc2Br)cc1C. The van der Waals surface area contributed by atoms with E-state index in [-0.39, 0.29) is 12.5 Å².